The Labute approximate surface area is 200 Å². The van der Waals surface area contributed by atoms with Crippen molar-refractivity contribution in [2.45, 2.75) is 63.5 Å². The average molecular weight is 465 g/mol. The maximum Gasteiger partial charge on any atom is 0.407 e. The SMILES string of the molecule is CCC[C@@H](CC(=O)N1CCC[C@@H]1CC(=O)O)NC(=O)OCC1c2ccccc2-c2ccccc21. The second kappa shape index (κ2) is 10.7. The summed E-state index contributed by atoms with van der Waals surface area (Å²) in [5, 5.41) is 12.0. The predicted octanol–water partition coefficient (Wildman–Crippen LogP) is 4.55. The summed E-state index contributed by atoms with van der Waals surface area (Å²) in [6.07, 6.45) is 2.54. The Morgan fingerprint density at radius 1 is 1.09 bits per heavy atom. The third-order valence-corrected chi connectivity index (χ3v) is 6.83. The molecule has 1 fully saturated rings. The van der Waals surface area contributed by atoms with Crippen molar-refractivity contribution in [3.63, 3.8) is 0 Å². The highest BCUT2D eigenvalue weighted by atomic mass is 16.5. The van der Waals surface area contributed by atoms with Crippen LogP contribution in [0.25, 0.3) is 11.1 Å². The molecule has 1 heterocycles. The molecule has 0 radical (unpaired) electrons. The molecule has 2 amide bonds. The van der Waals surface area contributed by atoms with Crippen LogP contribution in [-0.4, -0.2) is 53.2 Å². The van der Waals surface area contributed by atoms with Gasteiger partial charge in [-0.2, -0.15) is 0 Å². The number of nitrogens with zero attached hydrogens (tertiary/aromatic N) is 1. The third-order valence-electron chi connectivity index (χ3n) is 6.83. The van der Waals surface area contributed by atoms with Crippen LogP contribution in [0.3, 0.4) is 0 Å². The lowest BCUT2D eigenvalue weighted by Crippen LogP contribution is -2.43. The van der Waals surface area contributed by atoms with Crippen molar-refractivity contribution in [3.8, 4) is 11.1 Å². The number of carboxylic acid groups (broad SMARTS) is 1. The summed E-state index contributed by atoms with van der Waals surface area (Å²) in [4.78, 5) is 38.4. The summed E-state index contributed by atoms with van der Waals surface area (Å²) in [5.41, 5.74) is 4.64. The Morgan fingerprint density at radius 3 is 2.35 bits per heavy atom. The maximum atomic E-state index is 12.9. The fraction of sp³-hybridized carbons (Fsp3) is 0.444. The normalized spacial score (nSPS) is 17.7. The second-order valence-corrected chi connectivity index (χ2v) is 9.14. The zero-order valence-electron chi connectivity index (χ0n) is 19.5. The van der Waals surface area contributed by atoms with Crippen molar-refractivity contribution in [2.24, 2.45) is 0 Å². The molecular weight excluding hydrogens is 432 g/mol. The Balaban J connectivity index is 1.36. The average Bonchev–Trinajstić information content (AvgIpc) is 3.40. The Kier molecular flexibility index (Phi) is 7.50. The summed E-state index contributed by atoms with van der Waals surface area (Å²) in [6.45, 7) is 2.79. The molecule has 2 atom stereocenters. The molecule has 0 bridgehead atoms. The Morgan fingerprint density at radius 2 is 1.74 bits per heavy atom. The molecule has 7 heteroatoms. The summed E-state index contributed by atoms with van der Waals surface area (Å²) >= 11 is 0. The number of nitrogens with one attached hydrogen (secondary N) is 1. The number of carbonyl (C=O) groups excluding carboxylic acids is 2. The van der Waals surface area contributed by atoms with Crippen LogP contribution in [0.4, 0.5) is 4.79 Å². The Bertz CT molecular complexity index is 1010. The molecule has 0 saturated carbocycles. The van der Waals surface area contributed by atoms with Crippen LogP contribution in [0.5, 0.6) is 0 Å². The number of fused-ring (bicyclic) bond motifs is 3. The lowest BCUT2D eigenvalue weighted by molar-refractivity contribution is -0.140. The molecule has 34 heavy (non-hydrogen) atoms. The van der Waals surface area contributed by atoms with E-state index in [1.54, 1.807) is 4.90 Å². The van der Waals surface area contributed by atoms with Gasteiger partial charge in [0.1, 0.15) is 6.61 Å². The van der Waals surface area contributed by atoms with E-state index >= 15 is 0 Å². The number of alkyl carbamates (subject to hydrolysis) is 1. The number of aliphatic carboxylic acids is 1. The number of amides is 2. The van der Waals surface area contributed by atoms with Gasteiger partial charge in [0, 0.05) is 31.0 Å². The molecule has 2 N–H and O–H groups in total. The van der Waals surface area contributed by atoms with Crippen LogP contribution < -0.4 is 5.32 Å². The van der Waals surface area contributed by atoms with Gasteiger partial charge in [-0.3, -0.25) is 9.59 Å². The topological polar surface area (TPSA) is 95.9 Å². The minimum absolute atomic E-state index is 0.0224. The van der Waals surface area contributed by atoms with Crippen LogP contribution in [0.1, 0.15) is 62.5 Å². The molecule has 0 spiro atoms. The fourth-order valence-electron chi connectivity index (χ4n) is 5.29. The number of benzene rings is 2. The quantitative estimate of drug-likeness (QED) is 0.568. The molecule has 2 aliphatic rings. The summed E-state index contributed by atoms with van der Waals surface area (Å²) in [6, 6.07) is 15.7. The molecule has 0 aromatic heterocycles. The Hall–Kier alpha value is -3.35. The van der Waals surface area contributed by atoms with Gasteiger partial charge >= 0.3 is 12.1 Å². The molecule has 1 aliphatic carbocycles. The van der Waals surface area contributed by atoms with Gasteiger partial charge in [-0.25, -0.2) is 4.79 Å². The van der Waals surface area contributed by atoms with E-state index < -0.39 is 12.1 Å². The van der Waals surface area contributed by atoms with E-state index in [2.05, 4.69) is 29.6 Å². The monoisotopic (exact) mass is 464 g/mol. The first-order valence-electron chi connectivity index (χ1n) is 12.1. The number of carbonyl (C=O) groups is 3. The largest absolute Gasteiger partial charge is 0.481 e. The van der Waals surface area contributed by atoms with Crippen LogP contribution in [0, 0.1) is 0 Å². The van der Waals surface area contributed by atoms with Gasteiger partial charge in [0.15, 0.2) is 0 Å². The highest BCUT2D eigenvalue weighted by Gasteiger charge is 2.32. The highest BCUT2D eigenvalue weighted by molar-refractivity contribution is 5.80. The van der Waals surface area contributed by atoms with Gasteiger partial charge in [-0.1, -0.05) is 61.9 Å². The molecule has 7 nitrogen and oxygen atoms in total. The summed E-state index contributed by atoms with van der Waals surface area (Å²) in [7, 11) is 0. The van der Waals surface area contributed by atoms with Gasteiger partial charge in [0.2, 0.25) is 5.91 Å². The van der Waals surface area contributed by atoms with Crippen molar-refractivity contribution in [3.05, 3.63) is 59.7 Å². The van der Waals surface area contributed by atoms with E-state index in [1.807, 2.05) is 31.2 Å². The zero-order chi connectivity index (χ0) is 24.1. The maximum absolute atomic E-state index is 12.9. The van der Waals surface area contributed by atoms with Gasteiger partial charge in [0.25, 0.3) is 0 Å². The first-order valence-corrected chi connectivity index (χ1v) is 12.1. The third kappa shape index (κ3) is 5.24. The number of rotatable bonds is 9. The first-order chi connectivity index (χ1) is 16.5. The molecule has 2 aromatic carbocycles. The van der Waals surface area contributed by atoms with E-state index in [0.29, 0.717) is 19.4 Å². The molecule has 0 unspecified atom stereocenters. The van der Waals surface area contributed by atoms with Gasteiger partial charge < -0.3 is 20.1 Å². The van der Waals surface area contributed by atoms with Crippen molar-refractivity contribution >= 4 is 18.0 Å². The molecule has 2 aromatic rings. The van der Waals surface area contributed by atoms with Crippen molar-refractivity contribution in [1.29, 1.82) is 0 Å². The summed E-state index contributed by atoms with van der Waals surface area (Å²) < 4.78 is 5.64. The van der Waals surface area contributed by atoms with E-state index in [9.17, 15) is 14.4 Å². The lowest BCUT2D eigenvalue weighted by Gasteiger charge is -2.26. The zero-order valence-corrected chi connectivity index (χ0v) is 19.5. The standard InChI is InChI=1S/C27H32N2O5/c1-2-8-18(15-25(30)29-14-7-9-19(29)16-26(31)32)28-27(33)34-17-24-22-12-5-3-10-20(22)21-11-4-6-13-23(21)24/h3-6,10-13,18-19,24H,2,7-9,14-17H2,1H3,(H,28,33)(H,31,32)/t18-,19+/m0/s1. The number of ether oxygens (including phenoxy) is 1. The van der Waals surface area contributed by atoms with Crippen molar-refractivity contribution in [1.82, 2.24) is 10.2 Å². The van der Waals surface area contributed by atoms with Crippen molar-refractivity contribution in [2.75, 3.05) is 13.2 Å². The number of hydrogen-bond donors (Lipinski definition) is 2. The number of likely N-dealkylation sites (tertiary alicyclic amines) is 1. The van der Waals surface area contributed by atoms with Crippen LogP contribution in [-0.2, 0) is 14.3 Å². The van der Waals surface area contributed by atoms with Crippen molar-refractivity contribution < 1.29 is 24.2 Å². The van der Waals surface area contributed by atoms with E-state index in [0.717, 1.165) is 24.0 Å². The molecule has 180 valence electrons. The first kappa shape index (κ1) is 23.8. The summed E-state index contributed by atoms with van der Waals surface area (Å²) in [5.74, 6) is -1.03. The van der Waals surface area contributed by atoms with Crippen LogP contribution in [0.2, 0.25) is 0 Å². The second-order valence-electron chi connectivity index (χ2n) is 9.14. The molecular formula is C27H32N2O5. The highest BCUT2D eigenvalue weighted by Crippen LogP contribution is 2.44. The van der Waals surface area contributed by atoms with Crippen LogP contribution in [0.15, 0.2) is 48.5 Å². The van der Waals surface area contributed by atoms with E-state index in [1.165, 1.54) is 11.1 Å². The lowest BCUT2D eigenvalue weighted by atomic mass is 9.98. The number of carboxylic acids is 1. The number of hydrogen-bond acceptors (Lipinski definition) is 4. The van der Waals surface area contributed by atoms with Gasteiger partial charge in [0.05, 0.1) is 6.42 Å². The van der Waals surface area contributed by atoms with Gasteiger partial charge in [-0.15, -0.1) is 0 Å². The fourth-order valence-corrected chi connectivity index (χ4v) is 5.29. The predicted molar refractivity (Wildman–Crippen MR) is 129 cm³/mol. The smallest absolute Gasteiger partial charge is 0.407 e. The molecule has 1 aliphatic heterocycles. The minimum Gasteiger partial charge on any atom is -0.481 e. The molecule has 4 rings (SSSR count). The van der Waals surface area contributed by atoms with Crippen LogP contribution >= 0.6 is 0 Å². The minimum atomic E-state index is -0.897. The van der Waals surface area contributed by atoms with Gasteiger partial charge in [-0.05, 0) is 41.5 Å². The van der Waals surface area contributed by atoms with E-state index in [-0.39, 0.29) is 43.4 Å². The molecule has 1 saturated heterocycles. The van der Waals surface area contributed by atoms with E-state index in [4.69, 9.17) is 9.84 Å².